The van der Waals surface area contributed by atoms with Crippen LogP contribution in [0.3, 0.4) is 0 Å². The van der Waals surface area contributed by atoms with E-state index in [2.05, 4.69) is 5.32 Å². The molecule has 1 fully saturated rings. The van der Waals surface area contributed by atoms with Crippen molar-refractivity contribution in [2.75, 3.05) is 20.4 Å². The maximum atomic E-state index is 4.85. The van der Waals surface area contributed by atoms with Crippen LogP contribution in [0.15, 0.2) is 0 Å². The van der Waals surface area contributed by atoms with E-state index in [1.165, 1.54) is 19.3 Å². The maximum absolute atomic E-state index is 4.85. The Labute approximate surface area is 56.6 Å². The third kappa shape index (κ3) is 2.33. The summed E-state index contributed by atoms with van der Waals surface area (Å²) in [4.78, 5) is 0. The molecule has 0 unspecified atom stereocenters. The van der Waals surface area contributed by atoms with Crippen molar-refractivity contribution < 1.29 is 4.74 Å². The van der Waals surface area contributed by atoms with Crippen molar-refractivity contribution in [1.82, 2.24) is 5.32 Å². The Balaban J connectivity index is 1.80. The number of methoxy groups -OCH3 is 1. The lowest BCUT2D eigenvalue weighted by Crippen LogP contribution is -2.28. The molecule has 9 heavy (non-hydrogen) atoms. The zero-order valence-corrected chi connectivity index (χ0v) is 6.02. The minimum atomic E-state index is 0.705. The highest BCUT2D eigenvalue weighted by molar-refractivity contribution is 4.70. The Morgan fingerprint density at radius 2 is 2.33 bits per heavy atom. The van der Waals surface area contributed by atoms with E-state index in [0.29, 0.717) is 6.73 Å². The number of hydrogen-bond donors (Lipinski definition) is 1. The minimum Gasteiger partial charge on any atom is -0.370 e. The molecule has 1 aliphatic carbocycles. The summed E-state index contributed by atoms with van der Waals surface area (Å²) in [6, 6.07) is 0. The lowest BCUT2D eigenvalue weighted by atomic mass is 9.86. The minimum absolute atomic E-state index is 0.705. The van der Waals surface area contributed by atoms with Gasteiger partial charge in [-0.1, -0.05) is 6.42 Å². The highest BCUT2D eigenvalue weighted by Gasteiger charge is 2.15. The monoisotopic (exact) mass is 129 g/mol. The first-order chi connectivity index (χ1) is 4.43. The number of ether oxygens (including phenoxy) is 1. The number of rotatable bonds is 4. The van der Waals surface area contributed by atoms with Gasteiger partial charge >= 0.3 is 0 Å². The molecule has 0 bridgehead atoms. The van der Waals surface area contributed by atoms with Gasteiger partial charge in [-0.3, -0.25) is 5.32 Å². The van der Waals surface area contributed by atoms with Crippen LogP contribution in [-0.4, -0.2) is 20.4 Å². The molecule has 0 heterocycles. The first kappa shape index (κ1) is 7.03. The first-order valence-corrected chi connectivity index (χ1v) is 3.63. The number of nitrogens with one attached hydrogen (secondary N) is 1. The summed E-state index contributed by atoms with van der Waals surface area (Å²) >= 11 is 0. The van der Waals surface area contributed by atoms with Gasteiger partial charge in [0.05, 0.1) is 6.73 Å². The molecule has 54 valence electrons. The molecule has 1 rings (SSSR count). The van der Waals surface area contributed by atoms with Crippen molar-refractivity contribution in [2.45, 2.75) is 19.3 Å². The molecular formula is C7H15NO. The molecule has 0 saturated heterocycles. The lowest BCUT2D eigenvalue weighted by Gasteiger charge is -2.25. The molecule has 0 aliphatic heterocycles. The van der Waals surface area contributed by atoms with Crippen LogP contribution in [0.25, 0.3) is 0 Å². The standard InChI is InChI=1S/C7H15NO/c1-9-6-8-5-7-3-2-4-7/h7-8H,2-6H2,1H3. The summed E-state index contributed by atoms with van der Waals surface area (Å²) in [5, 5.41) is 3.21. The molecule has 0 amide bonds. The summed E-state index contributed by atoms with van der Waals surface area (Å²) in [5.41, 5.74) is 0. The van der Waals surface area contributed by atoms with Gasteiger partial charge in [-0.2, -0.15) is 0 Å². The van der Waals surface area contributed by atoms with Gasteiger partial charge in [0, 0.05) is 13.7 Å². The molecule has 2 nitrogen and oxygen atoms in total. The Hall–Kier alpha value is -0.0800. The largest absolute Gasteiger partial charge is 0.370 e. The fourth-order valence-corrected chi connectivity index (χ4v) is 1.06. The molecule has 1 N–H and O–H groups in total. The van der Waals surface area contributed by atoms with Crippen molar-refractivity contribution in [3.05, 3.63) is 0 Å². The molecule has 1 aliphatic rings. The summed E-state index contributed by atoms with van der Waals surface area (Å²) in [5.74, 6) is 0.945. The second-order valence-corrected chi connectivity index (χ2v) is 2.68. The predicted octanol–water partition coefficient (Wildman–Crippen LogP) is 0.980. The lowest BCUT2D eigenvalue weighted by molar-refractivity contribution is 0.161. The van der Waals surface area contributed by atoms with Gasteiger partial charge in [-0.25, -0.2) is 0 Å². The van der Waals surface area contributed by atoms with Crippen molar-refractivity contribution in [2.24, 2.45) is 5.92 Å². The molecule has 2 heteroatoms. The highest BCUT2D eigenvalue weighted by Crippen LogP contribution is 2.24. The van der Waals surface area contributed by atoms with E-state index in [-0.39, 0.29) is 0 Å². The Morgan fingerprint density at radius 1 is 1.56 bits per heavy atom. The highest BCUT2D eigenvalue weighted by atomic mass is 16.5. The molecule has 0 aromatic carbocycles. The molecule has 0 spiro atoms. The van der Waals surface area contributed by atoms with Gasteiger partial charge in [0.2, 0.25) is 0 Å². The van der Waals surface area contributed by atoms with Crippen LogP contribution < -0.4 is 5.32 Å². The van der Waals surface area contributed by atoms with Crippen molar-refractivity contribution in [1.29, 1.82) is 0 Å². The van der Waals surface area contributed by atoms with Gasteiger partial charge in [-0.05, 0) is 18.8 Å². The van der Waals surface area contributed by atoms with E-state index >= 15 is 0 Å². The normalized spacial score (nSPS) is 19.7. The van der Waals surface area contributed by atoms with Gasteiger partial charge in [-0.15, -0.1) is 0 Å². The summed E-state index contributed by atoms with van der Waals surface area (Å²) < 4.78 is 4.85. The Morgan fingerprint density at radius 3 is 2.78 bits per heavy atom. The Kier molecular flexibility index (Phi) is 3.01. The fraction of sp³-hybridized carbons (Fsp3) is 1.00. The van der Waals surface area contributed by atoms with Crippen LogP contribution in [0, 0.1) is 5.92 Å². The summed E-state index contributed by atoms with van der Waals surface area (Å²) in [7, 11) is 1.72. The van der Waals surface area contributed by atoms with Crippen LogP contribution in [0.4, 0.5) is 0 Å². The molecule has 1 saturated carbocycles. The fourth-order valence-electron chi connectivity index (χ4n) is 1.06. The van der Waals surface area contributed by atoms with E-state index in [4.69, 9.17) is 4.74 Å². The average Bonchev–Trinajstić information content (AvgIpc) is 1.76. The van der Waals surface area contributed by atoms with Crippen LogP contribution in [-0.2, 0) is 4.74 Å². The molecule has 0 atom stereocenters. The quantitative estimate of drug-likeness (QED) is 0.451. The van der Waals surface area contributed by atoms with Crippen LogP contribution in [0.5, 0.6) is 0 Å². The second-order valence-electron chi connectivity index (χ2n) is 2.68. The van der Waals surface area contributed by atoms with Crippen molar-refractivity contribution in [3.8, 4) is 0 Å². The number of hydrogen-bond acceptors (Lipinski definition) is 2. The van der Waals surface area contributed by atoms with Gasteiger partial charge in [0.1, 0.15) is 0 Å². The van der Waals surface area contributed by atoms with E-state index in [1.807, 2.05) is 0 Å². The second kappa shape index (κ2) is 3.85. The third-order valence-electron chi connectivity index (χ3n) is 1.90. The van der Waals surface area contributed by atoms with Gasteiger partial charge in [0.25, 0.3) is 0 Å². The molecule has 0 aromatic heterocycles. The van der Waals surface area contributed by atoms with Crippen molar-refractivity contribution >= 4 is 0 Å². The third-order valence-corrected chi connectivity index (χ3v) is 1.90. The van der Waals surface area contributed by atoms with E-state index in [0.717, 1.165) is 12.5 Å². The van der Waals surface area contributed by atoms with E-state index in [1.54, 1.807) is 7.11 Å². The van der Waals surface area contributed by atoms with E-state index in [9.17, 15) is 0 Å². The molecule has 0 radical (unpaired) electrons. The molecule has 0 aromatic rings. The van der Waals surface area contributed by atoms with Gasteiger partial charge < -0.3 is 4.74 Å². The maximum Gasteiger partial charge on any atom is 0.0961 e. The topological polar surface area (TPSA) is 21.3 Å². The summed E-state index contributed by atoms with van der Waals surface area (Å²) in [6.07, 6.45) is 4.26. The zero-order chi connectivity index (χ0) is 6.53. The average molecular weight is 129 g/mol. The summed E-state index contributed by atoms with van der Waals surface area (Å²) in [6.45, 7) is 1.85. The van der Waals surface area contributed by atoms with Crippen molar-refractivity contribution in [3.63, 3.8) is 0 Å². The SMILES string of the molecule is COCNCC1CCC1. The van der Waals surface area contributed by atoms with Gasteiger partial charge in [0.15, 0.2) is 0 Å². The first-order valence-electron chi connectivity index (χ1n) is 3.63. The Bertz CT molecular complexity index is 71.3. The van der Waals surface area contributed by atoms with Crippen LogP contribution in [0.2, 0.25) is 0 Å². The van der Waals surface area contributed by atoms with Crippen LogP contribution in [0.1, 0.15) is 19.3 Å². The predicted molar refractivity (Wildman–Crippen MR) is 37.2 cm³/mol. The smallest absolute Gasteiger partial charge is 0.0961 e. The molecular weight excluding hydrogens is 114 g/mol. The van der Waals surface area contributed by atoms with Crippen LogP contribution >= 0.6 is 0 Å². The van der Waals surface area contributed by atoms with E-state index < -0.39 is 0 Å². The zero-order valence-electron chi connectivity index (χ0n) is 6.02.